The van der Waals surface area contributed by atoms with Crippen molar-refractivity contribution in [3.8, 4) is 0 Å². The molecule has 0 radical (unpaired) electrons. The molecule has 0 bridgehead atoms. The summed E-state index contributed by atoms with van der Waals surface area (Å²) in [6.45, 7) is -0.772. The quantitative estimate of drug-likeness (QED) is 0.830. The fourth-order valence-corrected chi connectivity index (χ4v) is 2.91. The Morgan fingerprint density at radius 1 is 1.23 bits per heavy atom. The van der Waals surface area contributed by atoms with Crippen LogP contribution >= 0.6 is 24.0 Å². The second-order valence-corrected chi connectivity index (χ2v) is 6.08. The van der Waals surface area contributed by atoms with Gasteiger partial charge in [0.25, 0.3) is 0 Å². The van der Waals surface area contributed by atoms with E-state index in [1.165, 1.54) is 11.0 Å². The van der Waals surface area contributed by atoms with Gasteiger partial charge in [-0.25, -0.2) is 4.39 Å². The average Bonchev–Trinajstić information content (AvgIpc) is 2.73. The second kappa shape index (κ2) is 8.60. The van der Waals surface area contributed by atoms with Gasteiger partial charge < -0.3 is 15.1 Å². The number of aliphatic hydroxyl groups excluding tert-OH is 2. The number of rotatable bonds is 4. The molecule has 2 aromatic carbocycles. The lowest BCUT2D eigenvalue weighted by Crippen LogP contribution is -2.40. The van der Waals surface area contributed by atoms with Gasteiger partial charge in [-0.1, -0.05) is 23.7 Å². The predicted octanol–water partition coefficient (Wildman–Crippen LogP) is 2.44. The minimum absolute atomic E-state index is 0. The Bertz CT molecular complexity index is 845. The van der Waals surface area contributed by atoms with Gasteiger partial charge in [0.2, 0.25) is 5.91 Å². The number of benzodiazepines with no additional fused rings is 1. The van der Waals surface area contributed by atoms with Crippen LogP contribution in [0, 0.1) is 5.82 Å². The van der Waals surface area contributed by atoms with E-state index in [1.807, 2.05) is 0 Å². The summed E-state index contributed by atoms with van der Waals surface area (Å²) in [5.74, 6) is -0.814. The Hall–Kier alpha value is -1.99. The first-order chi connectivity index (χ1) is 12.0. The van der Waals surface area contributed by atoms with Crippen LogP contribution in [0.2, 0.25) is 5.02 Å². The van der Waals surface area contributed by atoms with Crippen molar-refractivity contribution >= 4 is 41.3 Å². The molecule has 0 saturated heterocycles. The molecule has 8 heteroatoms. The number of carbonyl (C=O) groups is 1. The van der Waals surface area contributed by atoms with E-state index in [0.29, 0.717) is 22.0 Å². The van der Waals surface area contributed by atoms with Gasteiger partial charge in [-0.3, -0.25) is 9.79 Å². The number of carbonyl (C=O) groups excluding carboxylic acids is 1. The topological polar surface area (TPSA) is 73.1 Å². The zero-order chi connectivity index (χ0) is 18.0. The zero-order valence-corrected chi connectivity index (χ0v) is 15.2. The van der Waals surface area contributed by atoms with Gasteiger partial charge >= 0.3 is 0 Å². The Balaban J connectivity index is 0.00000243. The second-order valence-electron chi connectivity index (χ2n) is 5.65. The lowest BCUT2D eigenvalue weighted by Gasteiger charge is -2.25. The number of β-amino-alcohol motifs (C(OH)–C–C–N with tert-alkyl or cyclic N) is 1. The maximum absolute atomic E-state index is 14.3. The number of halogens is 3. The van der Waals surface area contributed by atoms with E-state index in [9.17, 15) is 14.3 Å². The molecule has 138 valence electrons. The van der Waals surface area contributed by atoms with Crippen molar-refractivity contribution in [2.75, 3.05) is 24.6 Å². The molecule has 0 spiro atoms. The Morgan fingerprint density at radius 3 is 2.65 bits per heavy atom. The van der Waals surface area contributed by atoms with Crippen LogP contribution in [0.5, 0.6) is 0 Å². The summed E-state index contributed by atoms with van der Waals surface area (Å²) in [5.41, 5.74) is 1.54. The smallest absolute Gasteiger partial charge is 0.248 e. The number of benzene rings is 2. The summed E-state index contributed by atoms with van der Waals surface area (Å²) in [7, 11) is 0. The minimum atomic E-state index is -1.09. The monoisotopic (exact) mass is 398 g/mol. The van der Waals surface area contributed by atoms with Crippen LogP contribution in [0.25, 0.3) is 0 Å². The third kappa shape index (κ3) is 4.04. The molecule has 1 unspecified atom stereocenters. The van der Waals surface area contributed by atoms with Crippen LogP contribution in [-0.4, -0.2) is 47.6 Å². The standard InChI is InChI=1S/C18H16ClFN2O3.ClH/c19-11-5-6-16-14(7-11)18(13-3-1-2-4-15(13)20)21-8-17(25)22(16)9-12(24)10-23;/h1-7,12,23-24H,8-10H2;1H. The first-order valence-corrected chi connectivity index (χ1v) is 8.07. The van der Waals surface area contributed by atoms with Crippen molar-refractivity contribution in [1.29, 1.82) is 0 Å². The molecule has 0 saturated carbocycles. The molecular weight excluding hydrogens is 382 g/mol. The largest absolute Gasteiger partial charge is 0.394 e. The van der Waals surface area contributed by atoms with Crippen LogP contribution in [0.4, 0.5) is 10.1 Å². The molecule has 3 rings (SSSR count). The number of aliphatic imine (C=N–C) groups is 1. The fourth-order valence-electron chi connectivity index (χ4n) is 2.74. The molecule has 5 nitrogen and oxygen atoms in total. The van der Waals surface area contributed by atoms with Crippen LogP contribution in [0.3, 0.4) is 0 Å². The van der Waals surface area contributed by atoms with Crippen molar-refractivity contribution in [3.63, 3.8) is 0 Å². The van der Waals surface area contributed by atoms with Gasteiger partial charge in [0, 0.05) is 16.1 Å². The lowest BCUT2D eigenvalue weighted by atomic mass is 9.99. The molecule has 1 atom stereocenters. The first-order valence-electron chi connectivity index (χ1n) is 7.70. The van der Waals surface area contributed by atoms with E-state index in [1.54, 1.807) is 36.4 Å². The van der Waals surface area contributed by atoms with Gasteiger partial charge in [0.15, 0.2) is 0 Å². The molecular formula is C18H17Cl2FN2O3. The summed E-state index contributed by atoms with van der Waals surface area (Å²) < 4.78 is 14.3. The van der Waals surface area contributed by atoms with Gasteiger partial charge in [0.1, 0.15) is 12.4 Å². The van der Waals surface area contributed by atoms with Gasteiger partial charge in [-0.15, -0.1) is 12.4 Å². The molecule has 2 aromatic rings. The number of fused-ring (bicyclic) bond motifs is 1. The third-order valence-corrected chi connectivity index (χ3v) is 4.15. The molecule has 1 aliphatic heterocycles. The number of hydrogen-bond acceptors (Lipinski definition) is 4. The van der Waals surface area contributed by atoms with Crippen LogP contribution in [0.1, 0.15) is 11.1 Å². The summed E-state index contributed by atoms with van der Waals surface area (Å²) in [6, 6.07) is 11.0. The maximum atomic E-state index is 14.3. The SMILES string of the molecule is Cl.O=C1CN=C(c2ccccc2F)c2cc(Cl)ccc2N1CC(O)CO. The zero-order valence-electron chi connectivity index (χ0n) is 13.6. The van der Waals surface area contributed by atoms with Crippen LogP contribution in [-0.2, 0) is 4.79 Å². The summed E-state index contributed by atoms with van der Waals surface area (Å²) in [5, 5.41) is 19.3. The number of anilines is 1. The summed E-state index contributed by atoms with van der Waals surface area (Å²) in [6.07, 6.45) is -1.09. The fraction of sp³-hybridized carbons (Fsp3) is 0.222. The van der Waals surface area contributed by atoms with E-state index in [4.69, 9.17) is 16.7 Å². The molecule has 0 aliphatic carbocycles. The van der Waals surface area contributed by atoms with Crippen molar-refractivity contribution in [3.05, 3.63) is 64.4 Å². The first kappa shape index (κ1) is 20.3. The van der Waals surface area contributed by atoms with E-state index in [0.717, 1.165) is 0 Å². The molecule has 26 heavy (non-hydrogen) atoms. The lowest BCUT2D eigenvalue weighted by molar-refractivity contribution is -0.117. The normalized spacial score (nSPS) is 14.8. The van der Waals surface area contributed by atoms with Gasteiger partial charge in [-0.05, 0) is 30.3 Å². The highest BCUT2D eigenvalue weighted by molar-refractivity contribution is 6.32. The van der Waals surface area contributed by atoms with Crippen molar-refractivity contribution in [2.45, 2.75) is 6.10 Å². The van der Waals surface area contributed by atoms with Crippen molar-refractivity contribution in [1.82, 2.24) is 0 Å². The third-order valence-electron chi connectivity index (χ3n) is 3.91. The number of nitrogens with zero attached hydrogens (tertiary/aromatic N) is 2. The molecule has 1 amide bonds. The number of hydrogen-bond donors (Lipinski definition) is 2. The maximum Gasteiger partial charge on any atom is 0.248 e. The molecule has 0 aromatic heterocycles. The summed E-state index contributed by atoms with van der Waals surface area (Å²) >= 11 is 6.10. The highest BCUT2D eigenvalue weighted by Crippen LogP contribution is 2.30. The van der Waals surface area contributed by atoms with Gasteiger partial charge in [0.05, 0.1) is 30.7 Å². The number of amides is 1. The predicted molar refractivity (Wildman–Crippen MR) is 101 cm³/mol. The van der Waals surface area contributed by atoms with Crippen LogP contribution < -0.4 is 4.90 Å². The highest BCUT2D eigenvalue weighted by Gasteiger charge is 2.27. The average molecular weight is 399 g/mol. The Kier molecular flexibility index (Phi) is 6.72. The van der Waals surface area contributed by atoms with E-state index >= 15 is 0 Å². The Morgan fingerprint density at radius 2 is 1.96 bits per heavy atom. The van der Waals surface area contributed by atoms with Gasteiger partial charge in [-0.2, -0.15) is 0 Å². The Labute approximate surface area is 161 Å². The van der Waals surface area contributed by atoms with E-state index in [-0.39, 0.29) is 37.0 Å². The number of aliphatic hydroxyl groups is 2. The minimum Gasteiger partial charge on any atom is -0.394 e. The molecule has 0 fully saturated rings. The van der Waals surface area contributed by atoms with Crippen molar-refractivity contribution in [2.24, 2.45) is 4.99 Å². The van der Waals surface area contributed by atoms with Crippen LogP contribution in [0.15, 0.2) is 47.5 Å². The van der Waals surface area contributed by atoms with E-state index < -0.39 is 18.5 Å². The summed E-state index contributed by atoms with van der Waals surface area (Å²) in [4.78, 5) is 18.1. The van der Waals surface area contributed by atoms with Crippen molar-refractivity contribution < 1.29 is 19.4 Å². The highest BCUT2D eigenvalue weighted by atomic mass is 35.5. The molecule has 2 N–H and O–H groups in total. The molecule has 1 heterocycles. The van der Waals surface area contributed by atoms with E-state index in [2.05, 4.69) is 4.99 Å². The molecule has 1 aliphatic rings.